The fourth-order valence-electron chi connectivity index (χ4n) is 2.81. The molecule has 0 atom stereocenters. The van der Waals surface area contributed by atoms with Crippen LogP contribution < -0.4 is 5.63 Å². The summed E-state index contributed by atoms with van der Waals surface area (Å²) < 4.78 is 5.30. The molecule has 24 heavy (non-hydrogen) atoms. The summed E-state index contributed by atoms with van der Waals surface area (Å²) in [7, 11) is 0. The van der Waals surface area contributed by atoms with Crippen molar-refractivity contribution in [3.63, 3.8) is 0 Å². The van der Waals surface area contributed by atoms with Gasteiger partial charge >= 0.3 is 5.63 Å². The second kappa shape index (κ2) is 5.92. The number of amides is 1. The summed E-state index contributed by atoms with van der Waals surface area (Å²) in [6.45, 7) is 0.448. The fourth-order valence-corrected chi connectivity index (χ4v) is 2.81. The lowest BCUT2D eigenvalue weighted by Crippen LogP contribution is -2.35. The van der Waals surface area contributed by atoms with Crippen LogP contribution in [0.3, 0.4) is 0 Å². The lowest BCUT2D eigenvalue weighted by molar-refractivity contribution is 0.0725. The van der Waals surface area contributed by atoms with E-state index in [1.54, 1.807) is 35.5 Å². The molecular weight excluding hydrogens is 304 g/mol. The first-order chi connectivity index (χ1) is 11.7. The van der Waals surface area contributed by atoms with Gasteiger partial charge in [0.1, 0.15) is 11.1 Å². The summed E-state index contributed by atoms with van der Waals surface area (Å²) >= 11 is 0. The van der Waals surface area contributed by atoms with Crippen LogP contribution in [0.1, 0.15) is 28.8 Å². The van der Waals surface area contributed by atoms with Gasteiger partial charge in [0.2, 0.25) is 0 Å². The van der Waals surface area contributed by atoms with Crippen molar-refractivity contribution in [2.75, 3.05) is 0 Å². The standard InChI is InChI=1S/C19H16N2O3/c22-18(16-10-14-5-1-2-6-17(14)24-19(16)23)21(15-7-8-15)12-13-4-3-9-20-11-13/h1-6,9-11,15H,7-8,12H2. The van der Waals surface area contributed by atoms with E-state index in [0.717, 1.165) is 23.8 Å². The third-order valence-electron chi connectivity index (χ3n) is 4.20. The Bertz CT molecular complexity index is 945. The maximum absolute atomic E-state index is 12.9. The van der Waals surface area contributed by atoms with Crippen LogP contribution in [0.15, 0.2) is 64.1 Å². The Balaban J connectivity index is 1.70. The Labute approximate surface area is 138 Å². The number of carbonyl (C=O) groups is 1. The Kier molecular flexibility index (Phi) is 3.61. The first kappa shape index (κ1) is 14.6. The van der Waals surface area contributed by atoms with Crippen molar-refractivity contribution < 1.29 is 9.21 Å². The molecule has 2 aromatic heterocycles. The average molecular weight is 320 g/mol. The predicted octanol–water partition coefficient (Wildman–Crippen LogP) is 2.99. The number of pyridine rings is 1. The SMILES string of the molecule is O=C(c1cc2ccccc2oc1=O)N(Cc1cccnc1)C1CC1. The van der Waals surface area contributed by atoms with E-state index in [9.17, 15) is 9.59 Å². The molecule has 1 aliphatic carbocycles. The number of hydrogen-bond donors (Lipinski definition) is 0. The van der Waals surface area contributed by atoms with Crippen molar-refractivity contribution in [1.82, 2.24) is 9.88 Å². The number of benzene rings is 1. The Hall–Kier alpha value is -2.95. The molecule has 5 nitrogen and oxygen atoms in total. The smallest absolute Gasteiger partial charge is 0.349 e. The van der Waals surface area contributed by atoms with Gasteiger partial charge in [-0.15, -0.1) is 0 Å². The second-order valence-corrected chi connectivity index (χ2v) is 6.01. The van der Waals surface area contributed by atoms with Crippen molar-refractivity contribution >= 4 is 16.9 Å². The van der Waals surface area contributed by atoms with E-state index in [0.29, 0.717) is 12.1 Å². The number of para-hydroxylation sites is 1. The molecule has 120 valence electrons. The summed E-state index contributed by atoms with van der Waals surface area (Å²) in [6, 6.07) is 12.8. The van der Waals surface area contributed by atoms with Gasteiger partial charge in [-0.1, -0.05) is 24.3 Å². The molecule has 2 heterocycles. The zero-order chi connectivity index (χ0) is 16.5. The highest BCUT2D eigenvalue weighted by Gasteiger charge is 2.34. The monoisotopic (exact) mass is 320 g/mol. The summed E-state index contributed by atoms with van der Waals surface area (Å²) in [5, 5.41) is 0.748. The summed E-state index contributed by atoms with van der Waals surface area (Å²) in [5.41, 5.74) is 0.937. The second-order valence-electron chi connectivity index (χ2n) is 6.01. The third kappa shape index (κ3) is 2.80. The molecule has 0 spiro atoms. The third-order valence-corrected chi connectivity index (χ3v) is 4.20. The molecule has 1 aromatic carbocycles. The number of hydrogen-bond acceptors (Lipinski definition) is 4. The molecule has 1 saturated carbocycles. The van der Waals surface area contributed by atoms with Gasteiger partial charge in [-0.05, 0) is 36.6 Å². The zero-order valence-electron chi connectivity index (χ0n) is 13.0. The van der Waals surface area contributed by atoms with Gasteiger partial charge in [0.15, 0.2) is 0 Å². The minimum Gasteiger partial charge on any atom is -0.422 e. The summed E-state index contributed by atoms with van der Waals surface area (Å²) in [5.74, 6) is -0.277. The first-order valence-corrected chi connectivity index (χ1v) is 7.95. The Morgan fingerprint density at radius 1 is 1.21 bits per heavy atom. The molecule has 0 radical (unpaired) electrons. The molecule has 1 amide bonds. The van der Waals surface area contributed by atoms with Crippen LogP contribution in [0.2, 0.25) is 0 Å². The largest absolute Gasteiger partial charge is 0.422 e. The van der Waals surface area contributed by atoms with Gasteiger partial charge in [-0.3, -0.25) is 9.78 Å². The van der Waals surface area contributed by atoms with Crippen molar-refractivity contribution in [3.05, 3.63) is 76.4 Å². The zero-order valence-corrected chi connectivity index (χ0v) is 13.0. The van der Waals surface area contributed by atoms with E-state index in [2.05, 4.69) is 4.98 Å². The molecule has 0 saturated heterocycles. The van der Waals surface area contributed by atoms with Crippen molar-refractivity contribution in [2.24, 2.45) is 0 Å². The number of rotatable bonds is 4. The Morgan fingerprint density at radius 3 is 2.79 bits per heavy atom. The fraction of sp³-hybridized carbons (Fsp3) is 0.211. The van der Waals surface area contributed by atoms with Gasteiger partial charge in [0.25, 0.3) is 5.91 Å². The van der Waals surface area contributed by atoms with E-state index in [1.165, 1.54) is 0 Å². The topological polar surface area (TPSA) is 63.4 Å². The van der Waals surface area contributed by atoms with Crippen LogP contribution in [-0.2, 0) is 6.54 Å². The normalized spacial score (nSPS) is 13.8. The highest BCUT2D eigenvalue weighted by atomic mass is 16.4. The van der Waals surface area contributed by atoms with Crippen LogP contribution in [0.5, 0.6) is 0 Å². The molecule has 0 aliphatic heterocycles. The maximum Gasteiger partial charge on any atom is 0.349 e. The van der Waals surface area contributed by atoms with Crippen LogP contribution in [0.25, 0.3) is 11.0 Å². The van der Waals surface area contributed by atoms with Gasteiger partial charge in [-0.2, -0.15) is 0 Å². The molecule has 5 heteroatoms. The van der Waals surface area contributed by atoms with Gasteiger partial charge in [0.05, 0.1) is 0 Å². The van der Waals surface area contributed by atoms with Crippen LogP contribution in [0.4, 0.5) is 0 Å². The number of aromatic nitrogens is 1. The van der Waals surface area contributed by atoms with E-state index < -0.39 is 5.63 Å². The molecule has 3 aromatic rings. The van der Waals surface area contributed by atoms with E-state index in [1.807, 2.05) is 24.3 Å². The molecule has 0 unspecified atom stereocenters. The lowest BCUT2D eigenvalue weighted by atomic mass is 10.1. The number of carbonyl (C=O) groups excluding carboxylic acids is 1. The predicted molar refractivity (Wildman–Crippen MR) is 89.6 cm³/mol. The minimum absolute atomic E-state index is 0.0875. The van der Waals surface area contributed by atoms with E-state index in [-0.39, 0.29) is 17.5 Å². The van der Waals surface area contributed by atoms with Crippen LogP contribution in [-0.4, -0.2) is 21.8 Å². The van der Waals surface area contributed by atoms with Gasteiger partial charge in [0, 0.05) is 30.4 Å². The molecule has 0 bridgehead atoms. The summed E-state index contributed by atoms with van der Waals surface area (Å²) in [4.78, 5) is 31.0. The van der Waals surface area contributed by atoms with Crippen molar-refractivity contribution in [3.8, 4) is 0 Å². The van der Waals surface area contributed by atoms with Gasteiger partial charge in [-0.25, -0.2) is 4.79 Å². The molecule has 0 N–H and O–H groups in total. The molecule has 1 aliphatic rings. The maximum atomic E-state index is 12.9. The average Bonchev–Trinajstić information content (AvgIpc) is 3.44. The van der Waals surface area contributed by atoms with Gasteiger partial charge < -0.3 is 9.32 Å². The Morgan fingerprint density at radius 2 is 2.04 bits per heavy atom. The van der Waals surface area contributed by atoms with E-state index in [4.69, 9.17) is 4.42 Å². The van der Waals surface area contributed by atoms with Crippen molar-refractivity contribution in [2.45, 2.75) is 25.4 Å². The van der Waals surface area contributed by atoms with Crippen LogP contribution in [0, 0.1) is 0 Å². The first-order valence-electron chi connectivity index (χ1n) is 7.95. The molecular formula is C19H16N2O3. The highest BCUT2D eigenvalue weighted by molar-refractivity contribution is 5.97. The molecule has 1 fully saturated rings. The van der Waals surface area contributed by atoms with E-state index >= 15 is 0 Å². The number of nitrogens with zero attached hydrogens (tertiary/aromatic N) is 2. The lowest BCUT2D eigenvalue weighted by Gasteiger charge is -2.22. The van der Waals surface area contributed by atoms with Crippen LogP contribution >= 0.6 is 0 Å². The quantitative estimate of drug-likeness (QED) is 0.693. The molecule has 4 rings (SSSR count). The number of fused-ring (bicyclic) bond motifs is 1. The van der Waals surface area contributed by atoms with Crippen molar-refractivity contribution in [1.29, 1.82) is 0 Å². The summed E-state index contributed by atoms with van der Waals surface area (Å²) in [6.07, 6.45) is 5.37. The minimum atomic E-state index is -0.587. The highest BCUT2D eigenvalue weighted by Crippen LogP contribution is 2.29.